The Hall–Kier alpha value is -2.10. The van der Waals surface area contributed by atoms with Gasteiger partial charge in [-0.25, -0.2) is 4.98 Å². The zero-order valence-corrected chi connectivity index (χ0v) is 12.1. The van der Waals surface area contributed by atoms with E-state index in [1.54, 1.807) is 12.1 Å². The largest absolute Gasteiger partial charge is 0.508 e. The number of phenols is 1. The fraction of sp³-hybridized carbons (Fsp3) is 0.375. The number of rotatable bonds is 3. The van der Waals surface area contributed by atoms with E-state index < -0.39 is 0 Å². The Morgan fingerprint density at radius 3 is 2.75 bits per heavy atom. The summed E-state index contributed by atoms with van der Waals surface area (Å²) in [5.41, 5.74) is 3.83. The average Bonchev–Trinajstić information content (AvgIpc) is 2.82. The van der Waals surface area contributed by atoms with Gasteiger partial charge in [0.1, 0.15) is 11.6 Å². The van der Waals surface area contributed by atoms with Gasteiger partial charge in [-0.05, 0) is 24.5 Å². The van der Waals surface area contributed by atoms with Gasteiger partial charge < -0.3 is 10.1 Å². The third-order valence-electron chi connectivity index (χ3n) is 3.47. The summed E-state index contributed by atoms with van der Waals surface area (Å²) in [6.45, 7) is 6.44. The predicted molar refractivity (Wildman–Crippen MR) is 81.0 cm³/mol. The van der Waals surface area contributed by atoms with Crippen molar-refractivity contribution in [1.29, 1.82) is 0 Å². The first-order valence-electron chi connectivity index (χ1n) is 7.08. The Balaban J connectivity index is 2.36. The molecule has 0 aliphatic heterocycles. The lowest BCUT2D eigenvalue weighted by Crippen LogP contribution is -1.99. The first-order valence-corrected chi connectivity index (χ1v) is 7.08. The second-order valence-electron chi connectivity index (χ2n) is 5.62. The normalized spacial score (nSPS) is 11.8. The van der Waals surface area contributed by atoms with Crippen molar-refractivity contribution >= 4 is 21.9 Å². The molecule has 0 unspecified atom stereocenters. The molecule has 0 bridgehead atoms. The molecule has 0 fully saturated rings. The van der Waals surface area contributed by atoms with E-state index in [9.17, 15) is 5.11 Å². The van der Waals surface area contributed by atoms with Gasteiger partial charge in [0.2, 0.25) is 0 Å². The number of hydrogen-bond acceptors (Lipinski definition) is 3. The zero-order chi connectivity index (χ0) is 14.3. The summed E-state index contributed by atoms with van der Waals surface area (Å²) in [5.74, 6) is 1.74. The molecule has 2 N–H and O–H groups in total. The van der Waals surface area contributed by atoms with Crippen molar-refractivity contribution in [1.82, 2.24) is 15.0 Å². The lowest BCUT2D eigenvalue weighted by atomic mass is 10.0. The molecular weight excluding hydrogens is 250 g/mol. The van der Waals surface area contributed by atoms with E-state index in [0.29, 0.717) is 5.92 Å². The summed E-state index contributed by atoms with van der Waals surface area (Å²) in [7, 11) is 0. The van der Waals surface area contributed by atoms with E-state index in [-0.39, 0.29) is 5.75 Å². The number of hydrogen-bond donors (Lipinski definition) is 2. The van der Waals surface area contributed by atoms with Crippen molar-refractivity contribution in [3.8, 4) is 5.75 Å². The summed E-state index contributed by atoms with van der Waals surface area (Å²) in [6.07, 6.45) is 1.77. The summed E-state index contributed by atoms with van der Waals surface area (Å²) in [4.78, 5) is 12.8. The monoisotopic (exact) mass is 269 g/mol. The number of nitrogens with one attached hydrogen (secondary N) is 1. The molecule has 4 heteroatoms. The molecule has 0 aliphatic rings. The Bertz CT molecular complexity index is 774. The van der Waals surface area contributed by atoms with Crippen LogP contribution < -0.4 is 0 Å². The van der Waals surface area contributed by atoms with Crippen LogP contribution in [0.5, 0.6) is 5.75 Å². The van der Waals surface area contributed by atoms with Crippen molar-refractivity contribution in [2.45, 2.75) is 33.6 Å². The number of H-pyrrole nitrogens is 1. The highest BCUT2D eigenvalue weighted by Crippen LogP contribution is 2.28. The molecule has 0 atom stereocenters. The first-order chi connectivity index (χ1) is 9.58. The molecule has 3 aromatic rings. The average molecular weight is 269 g/mol. The number of aromatic nitrogens is 3. The Labute approximate surface area is 117 Å². The number of aryl methyl sites for hydroxylation is 1. The third-order valence-corrected chi connectivity index (χ3v) is 3.47. The smallest absolute Gasteiger partial charge is 0.117 e. The molecule has 0 aliphatic carbocycles. The molecule has 2 aromatic heterocycles. The van der Waals surface area contributed by atoms with E-state index in [1.807, 2.05) is 6.07 Å². The van der Waals surface area contributed by atoms with Gasteiger partial charge in [-0.15, -0.1) is 0 Å². The second-order valence-corrected chi connectivity index (χ2v) is 5.62. The van der Waals surface area contributed by atoms with Crippen molar-refractivity contribution in [3.05, 3.63) is 29.7 Å². The maximum Gasteiger partial charge on any atom is 0.117 e. The molecule has 4 nitrogen and oxygen atoms in total. The SMILES string of the molecule is CCc1nc2c([nH]1)c(CC(C)C)nc1cc(O)ccc12. The maximum absolute atomic E-state index is 9.66. The summed E-state index contributed by atoms with van der Waals surface area (Å²) >= 11 is 0. The fourth-order valence-corrected chi connectivity index (χ4v) is 2.54. The quantitative estimate of drug-likeness (QED) is 0.764. The molecule has 0 saturated heterocycles. The second kappa shape index (κ2) is 4.78. The van der Waals surface area contributed by atoms with Crippen LogP contribution in [0.4, 0.5) is 0 Å². The summed E-state index contributed by atoms with van der Waals surface area (Å²) < 4.78 is 0. The topological polar surface area (TPSA) is 61.8 Å². The molecule has 3 rings (SSSR count). The van der Waals surface area contributed by atoms with Gasteiger partial charge in [0.05, 0.1) is 22.2 Å². The number of nitrogens with zero attached hydrogens (tertiary/aromatic N) is 2. The van der Waals surface area contributed by atoms with Gasteiger partial charge in [0, 0.05) is 17.9 Å². The van der Waals surface area contributed by atoms with Crippen LogP contribution in [0.25, 0.3) is 21.9 Å². The van der Waals surface area contributed by atoms with Crippen molar-refractivity contribution < 1.29 is 5.11 Å². The number of phenolic OH excluding ortho intramolecular Hbond substituents is 1. The molecule has 20 heavy (non-hydrogen) atoms. The summed E-state index contributed by atoms with van der Waals surface area (Å²) in [5, 5.41) is 10.6. The molecule has 1 aromatic carbocycles. The van der Waals surface area contributed by atoms with Gasteiger partial charge in [0.15, 0.2) is 0 Å². The molecule has 0 amide bonds. The van der Waals surface area contributed by atoms with Crippen molar-refractivity contribution in [2.75, 3.05) is 0 Å². The molecule has 0 spiro atoms. The first kappa shape index (κ1) is 12.9. The van der Waals surface area contributed by atoms with E-state index in [0.717, 1.165) is 46.3 Å². The molecule has 2 heterocycles. The highest BCUT2D eigenvalue weighted by Gasteiger charge is 2.14. The van der Waals surface area contributed by atoms with Gasteiger partial charge in [-0.1, -0.05) is 20.8 Å². The lowest BCUT2D eigenvalue weighted by molar-refractivity contribution is 0.476. The van der Waals surface area contributed by atoms with E-state index in [4.69, 9.17) is 4.98 Å². The standard InChI is InChI=1S/C16H19N3O/c1-4-14-18-15-11-6-5-10(20)8-12(11)17-13(7-9(2)3)16(15)19-14/h5-6,8-9,20H,4,7H2,1-3H3,(H,18,19). The minimum atomic E-state index is 0.242. The lowest BCUT2D eigenvalue weighted by Gasteiger charge is -2.08. The van der Waals surface area contributed by atoms with Crippen LogP contribution in [-0.2, 0) is 12.8 Å². The van der Waals surface area contributed by atoms with Gasteiger partial charge in [-0.3, -0.25) is 4.98 Å². The number of pyridine rings is 1. The van der Waals surface area contributed by atoms with Crippen LogP contribution in [0.1, 0.15) is 32.3 Å². The Kier molecular flexibility index (Phi) is 3.08. The van der Waals surface area contributed by atoms with Crippen LogP contribution >= 0.6 is 0 Å². The molecule has 0 radical (unpaired) electrons. The molecule has 0 saturated carbocycles. The Morgan fingerprint density at radius 2 is 2.05 bits per heavy atom. The zero-order valence-electron chi connectivity index (χ0n) is 12.1. The minimum absolute atomic E-state index is 0.242. The van der Waals surface area contributed by atoms with Crippen molar-refractivity contribution in [2.24, 2.45) is 5.92 Å². The van der Waals surface area contributed by atoms with Crippen LogP contribution in [0.15, 0.2) is 18.2 Å². The van der Waals surface area contributed by atoms with Crippen molar-refractivity contribution in [3.63, 3.8) is 0 Å². The van der Waals surface area contributed by atoms with Crippen LogP contribution in [0.2, 0.25) is 0 Å². The third kappa shape index (κ3) is 2.11. The van der Waals surface area contributed by atoms with Gasteiger partial charge in [-0.2, -0.15) is 0 Å². The van der Waals surface area contributed by atoms with Gasteiger partial charge in [0.25, 0.3) is 0 Å². The number of fused-ring (bicyclic) bond motifs is 3. The predicted octanol–water partition coefficient (Wildman–Crippen LogP) is 3.58. The highest BCUT2D eigenvalue weighted by atomic mass is 16.3. The Morgan fingerprint density at radius 1 is 1.25 bits per heavy atom. The van der Waals surface area contributed by atoms with Crippen LogP contribution in [0.3, 0.4) is 0 Å². The van der Waals surface area contributed by atoms with E-state index in [2.05, 4.69) is 30.7 Å². The molecule has 104 valence electrons. The van der Waals surface area contributed by atoms with E-state index in [1.165, 1.54) is 0 Å². The molecular formula is C16H19N3O. The van der Waals surface area contributed by atoms with Crippen LogP contribution in [0, 0.1) is 5.92 Å². The summed E-state index contributed by atoms with van der Waals surface area (Å²) in [6, 6.07) is 5.28. The highest BCUT2D eigenvalue weighted by molar-refractivity contribution is 6.03. The maximum atomic E-state index is 9.66. The number of benzene rings is 1. The minimum Gasteiger partial charge on any atom is -0.508 e. The fourth-order valence-electron chi connectivity index (χ4n) is 2.54. The number of imidazole rings is 1. The van der Waals surface area contributed by atoms with Gasteiger partial charge >= 0.3 is 0 Å². The number of aromatic amines is 1. The number of aromatic hydroxyl groups is 1. The van der Waals surface area contributed by atoms with Crippen LogP contribution in [-0.4, -0.2) is 20.1 Å². The van der Waals surface area contributed by atoms with E-state index >= 15 is 0 Å².